The highest BCUT2D eigenvalue weighted by Gasteiger charge is 2.24. The van der Waals surface area contributed by atoms with Crippen LogP contribution in [0.2, 0.25) is 0 Å². The molecule has 0 aromatic heterocycles. The molecule has 2 aliphatic rings. The van der Waals surface area contributed by atoms with Crippen LogP contribution < -0.4 is 22.1 Å². The van der Waals surface area contributed by atoms with Crippen LogP contribution in [-0.4, -0.2) is 59.4 Å². The average Bonchev–Trinajstić information content (AvgIpc) is 2.84. The number of likely N-dealkylation sites (tertiary alicyclic amines) is 1. The fourth-order valence-electron chi connectivity index (χ4n) is 4.58. The number of nitrogens with zero attached hydrogens (tertiary/aromatic N) is 2. The molecule has 8 N–H and O–H groups in total. The van der Waals surface area contributed by atoms with Crippen molar-refractivity contribution in [2.45, 2.75) is 69.9 Å². The minimum atomic E-state index is -0.932. The first kappa shape index (κ1) is 25.4. The number of anilines is 1. The third kappa shape index (κ3) is 6.63. The van der Waals surface area contributed by atoms with Crippen LogP contribution in [0.1, 0.15) is 63.4 Å². The van der Waals surface area contributed by atoms with E-state index in [2.05, 4.69) is 15.6 Å². The normalized spacial score (nSPS) is 21.6. The van der Waals surface area contributed by atoms with Gasteiger partial charge < -0.3 is 27.0 Å². The predicted molar refractivity (Wildman–Crippen MR) is 134 cm³/mol. The third-order valence-corrected chi connectivity index (χ3v) is 6.64. The second-order valence-electron chi connectivity index (χ2n) is 9.00. The van der Waals surface area contributed by atoms with Crippen molar-refractivity contribution < 1.29 is 9.59 Å². The van der Waals surface area contributed by atoms with Crippen molar-refractivity contribution in [1.82, 2.24) is 10.2 Å². The van der Waals surface area contributed by atoms with Gasteiger partial charge in [-0.2, -0.15) is 4.99 Å². The lowest BCUT2D eigenvalue weighted by atomic mass is 9.89. The molecule has 184 valence electrons. The number of nitrogens with two attached hydrogens (primary N) is 2. The highest BCUT2D eigenvalue weighted by Crippen LogP contribution is 2.29. The van der Waals surface area contributed by atoms with Crippen LogP contribution in [0.3, 0.4) is 0 Å². The molecule has 1 saturated heterocycles. The van der Waals surface area contributed by atoms with Crippen LogP contribution in [0.15, 0.2) is 29.3 Å². The van der Waals surface area contributed by atoms with Crippen molar-refractivity contribution in [3.8, 4) is 0 Å². The number of rotatable bonds is 6. The molecule has 1 heterocycles. The van der Waals surface area contributed by atoms with Crippen molar-refractivity contribution >= 4 is 35.0 Å². The SMILES string of the molecule is CCC(=O)N1CCC(c2ccc(N/C(=N/C(=N)N[C@@H]3CCCC[C@@H]3N)C(=N)C(N)=O)cc2)CC1. The van der Waals surface area contributed by atoms with E-state index in [1.807, 2.05) is 36.1 Å². The summed E-state index contributed by atoms with van der Waals surface area (Å²) in [6, 6.07) is 7.59. The highest BCUT2D eigenvalue weighted by molar-refractivity contribution is 6.67. The van der Waals surface area contributed by atoms with Crippen LogP contribution in [0.4, 0.5) is 5.69 Å². The summed E-state index contributed by atoms with van der Waals surface area (Å²) in [6.45, 7) is 3.42. The average molecular weight is 469 g/mol. The molecule has 34 heavy (non-hydrogen) atoms. The van der Waals surface area contributed by atoms with Gasteiger partial charge in [0.2, 0.25) is 11.9 Å². The molecular weight excluding hydrogens is 432 g/mol. The van der Waals surface area contributed by atoms with E-state index in [0.29, 0.717) is 18.0 Å². The summed E-state index contributed by atoms with van der Waals surface area (Å²) in [5, 5.41) is 22.2. The van der Waals surface area contributed by atoms with Crippen molar-refractivity contribution in [3.05, 3.63) is 29.8 Å². The molecule has 1 aromatic carbocycles. The van der Waals surface area contributed by atoms with Crippen LogP contribution in [0, 0.1) is 10.8 Å². The third-order valence-electron chi connectivity index (χ3n) is 6.64. The topological polar surface area (TPSA) is 174 Å². The molecule has 1 aliphatic carbocycles. The molecular formula is C24H36N8O2. The molecule has 10 nitrogen and oxygen atoms in total. The fraction of sp³-hybridized carbons (Fsp3) is 0.542. The number of amides is 2. The smallest absolute Gasteiger partial charge is 0.270 e. The number of primary amides is 1. The number of benzene rings is 1. The van der Waals surface area contributed by atoms with Gasteiger partial charge in [0, 0.05) is 37.3 Å². The Kier molecular flexibility index (Phi) is 8.75. The minimum Gasteiger partial charge on any atom is -0.364 e. The van der Waals surface area contributed by atoms with Gasteiger partial charge in [-0.15, -0.1) is 0 Å². The highest BCUT2D eigenvalue weighted by atomic mass is 16.2. The molecule has 0 spiro atoms. The lowest BCUT2D eigenvalue weighted by Crippen LogP contribution is -2.49. The Labute approximate surface area is 200 Å². The second-order valence-corrected chi connectivity index (χ2v) is 9.00. The van der Waals surface area contributed by atoms with E-state index in [1.54, 1.807) is 0 Å². The monoisotopic (exact) mass is 468 g/mol. The predicted octanol–water partition coefficient (Wildman–Crippen LogP) is 1.91. The molecule has 2 fully saturated rings. The summed E-state index contributed by atoms with van der Waals surface area (Å²) in [4.78, 5) is 29.6. The molecule has 10 heteroatoms. The summed E-state index contributed by atoms with van der Waals surface area (Å²) < 4.78 is 0. The van der Waals surface area contributed by atoms with Crippen LogP contribution >= 0.6 is 0 Å². The van der Waals surface area contributed by atoms with Gasteiger partial charge in [0.15, 0.2) is 11.5 Å². The number of amidine groups is 1. The van der Waals surface area contributed by atoms with Crippen LogP contribution in [0.25, 0.3) is 0 Å². The minimum absolute atomic E-state index is 0.0594. The first-order chi connectivity index (χ1) is 16.3. The van der Waals surface area contributed by atoms with Gasteiger partial charge >= 0.3 is 0 Å². The zero-order valence-electron chi connectivity index (χ0n) is 19.8. The zero-order valence-corrected chi connectivity index (χ0v) is 19.8. The number of carbonyl (C=O) groups excluding carboxylic acids is 2. The van der Waals surface area contributed by atoms with E-state index in [9.17, 15) is 9.59 Å². The van der Waals surface area contributed by atoms with Crippen molar-refractivity contribution in [2.75, 3.05) is 18.4 Å². The van der Waals surface area contributed by atoms with Crippen LogP contribution in [-0.2, 0) is 9.59 Å². The van der Waals surface area contributed by atoms with Gasteiger partial charge in [0.1, 0.15) is 0 Å². The Morgan fingerprint density at radius 3 is 2.32 bits per heavy atom. The molecule has 1 saturated carbocycles. The Hall–Kier alpha value is -3.27. The maximum absolute atomic E-state index is 11.9. The molecule has 1 aromatic rings. The van der Waals surface area contributed by atoms with E-state index in [1.165, 1.54) is 5.56 Å². The van der Waals surface area contributed by atoms with Crippen molar-refractivity contribution in [2.24, 2.45) is 16.5 Å². The molecule has 2 atom stereocenters. The summed E-state index contributed by atoms with van der Waals surface area (Å²) in [5.41, 5.74) is 12.8. The number of nitrogens with one attached hydrogen (secondary N) is 4. The molecule has 3 rings (SSSR count). The Morgan fingerprint density at radius 2 is 1.74 bits per heavy atom. The number of piperidine rings is 1. The van der Waals surface area contributed by atoms with Crippen molar-refractivity contribution in [3.63, 3.8) is 0 Å². The first-order valence-corrected chi connectivity index (χ1v) is 12.0. The number of hydrogen-bond donors (Lipinski definition) is 6. The summed E-state index contributed by atoms with van der Waals surface area (Å²) in [5.74, 6) is -0.607. The largest absolute Gasteiger partial charge is 0.364 e. The number of guanidine groups is 1. The quantitative estimate of drug-likeness (QED) is 0.276. The van der Waals surface area contributed by atoms with Gasteiger partial charge in [0.25, 0.3) is 5.91 Å². The Balaban J connectivity index is 1.65. The zero-order chi connectivity index (χ0) is 24.7. The number of carbonyl (C=O) groups is 2. The van der Waals surface area contributed by atoms with E-state index in [-0.39, 0.29) is 29.8 Å². The van der Waals surface area contributed by atoms with E-state index in [4.69, 9.17) is 22.3 Å². The fourth-order valence-corrected chi connectivity index (χ4v) is 4.58. The summed E-state index contributed by atoms with van der Waals surface area (Å²) in [6.07, 6.45) is 6.22. The maximum Gasteiger partial charge on any atom is 0.270 e. The van der Waals surface area contributed by atoms with Gasteiger partial charge in [-0.3, -0.25) is 20.4 Å². The number of hydrogen-bond acceptors (Lipinski definition) is 5. The molecule has 0 radical (unpaired) electrons. The lowest BCUT2D eigenvalue weighted by molar-refractivity contribution is -0.131. The van der Waals surface area contributed by atoms with Gasteiger partial charge in [-0.25, -0.2) is 0 Å². The molecule has 0 unspecified atom stereocenters. The van der Waals surface area contributed by atoms with Gasteiger partial charge in [-0.1, -0.05) is 31.9 Å². The standard InChI is InChI=1S/C24H36N8O2/c1-2-20(33)32-13-11-16(12-14-32)15-7-9-17(10-8-15)29-23(21(26)22(27)34)31-24(28)30-19-6-4-3-5-18(19)25/h7-10,16,18-19,26H,2-6,11-14,25H2,1H3,(H2,27,34)(H3,28,29,30,31)/t18-,19+/m0/s1. The second kappa shape index (κ2) is 11.7. The maximum atomic E-state index is 11.9. The van der Waals surface area contributed by atoms with E-state index < -0.39 is 11.6 Å². The summed E-state index contributed by atoms with van der Waals surface area (Å²) in [7, 11) is 0. The number of aliphatic imine (C=N–C) groups is 1. The van der Waals surface area contributed by atoms with E-state index in [0.717, 1.165) is 51.6 Å². The van der Waals surface area contributed by atoms with Crippen LogP contribution in [0.5, 0.6) is 0 Å². The first-order valence-electron chi connectivity index (χ1n) is 12.0. The molecule has 0 bridgehead atoms. The molecule has 1 aliphatic heterocycles. The van der Waals surface area contributed by atoms with Gasteiger partial charge in [0.05, 0.1) is 0 Å². The summed E-state index contributed by atoms with van der Waals surface area (Å²) >= 11 is 0. The van der Waals surface area contributed by atoms with Crippen molar-refractivity contribution in [1.29, 1.82) is 10.8 Å². The Morgan fingerprint density at radius 1 is 1.09 bits per heavy atom. The molecule has 2 amide bonds. The Bertz CT molecular complexity index is 935. The van der Waals surface area contributed by atoms with Gasteiger partial charge in [-0.05, 0) is 49.3 Å². The van der Waals surface area contributed by atoms with E-state index >= 15 is 0 Å². The lowest BCUT2D eigenvalue weighted by Gasteiger charge is -2.32.